The van der Waals surface area contributed by atoms with Crippen LogP contribution in [0.1, 0.15) is 12.5 Å². The van der Waals surface area contributed by atoms with Crippen LogP contribution in [0, 0.1) is 0 Å². The van der Waals surface area contributed by atoms with E-state index in [2.05, 4.69) is 15.7 Å². The summed E-state index contributed by atoms with van der Waals surface area (Å²) in [7, 11) is 0. The molecule has 0 spiro atoms. The Hall–Kier alpha value is -3.82. The number of nitrogens with zero attached hydrogens (tertiary/aromatic N) is 2. The van der Waals surface area contributed by atoms with Crippen molar-refractivity contribution in [2.24, 2.45) is 0 Å². The molecule has 7 nitrogen and oxygen atoms in total. The average Bonchev–Trinajstić information content (AvgIpc) is 2.76. The van der Waals surface area contributed by atoms with E-state index in [9.17, 15) is 22.8 Å². The predicted molar refractivity (Wildman–Crippen MR) is 114 cm³/mol. The molecule has 0 fully saturated rings. The Kier molecular flexibility index (Phi) is 7.14. The summed E-state index contributed by atoms with van der Waals surface area (Å²) >= 11 is 0. The Morgan fingerprint density at radius 3 is 2.34 bits per heavy atom. The SMILES string of the molecule is CCOc1ccc(-c2ccc(=O)n(CCNC(=O)Nc3ccc(C(F)(F)F)cc3)n2)cc1. The van der Waals surface area contributed by atoms with Crippen molar-refractivity contribution in [3.8, 4) is 17.0 Å². The van der Waals surface area contributed by atoms with E-state index < -0.39 is 17.8 Å². The first kappa shape index (κ1) is 22.9. The summed E-state index contributed by atoms with van der Waals surface area (Å²) in [6.45, 7) is 2.65. The van der Waals surface area contributed by atoms with Crippen molar-refractivity contribution in [2.75, 3.05) is 18.5 Å². The van der Waals surface area contributed by atoms with E-state index in [0.717, 1.165) is 35.6 Å². The average molecular weight is 446 g/mol. The lowest BCUT2D eigenvalue weighted by Gasteiger charge is -2.11. The highest BCUT2D eigenvalue weighted by molar-refractivity contribution is 5.89. The summed E-state index contributed by atoms with van der Waals surface area (Å²) < 4.78 is 44.4. The maximum absolute atomic E-state index is 12.6. The Bertz CT molecular complexity index is 1110. The highest BCUT2D eigenvalue weighted by Gasteiger charge is 2.29. The van der Waals surface area contributed by atoms with Gasteiger partial charge in [-0.25, -0.2) is 9.48 Å². The minimum atomic E-state index is -4.44. The van der Waals surface area contributed by atoms with Gasteiger partial charge in [-0.1, -0.05) is 0 Å². The molecular weight excluding hydrogens is 425 g/mol. The predicted octanol–water partition coefficient (Wildman–Crippen LogP) is 4.15. The molecule has 0 saturated carbocycles. The zero-order valence-corrected chi connectivity index (χ0v) is 17.1. The summed E-state index contributed by atoms with van der Waals surface area (Å²) in [5, 5.41) is 9.30. The molecule has 0 radical (unpaired) electrons. The molecule has 2 amide bonds. The molecule has 0 aliphatic rings. The monoisotopic (exact) mass is 446 g/mol. The Morgan fingerprint density at radius 2 is 1.72 bits per heavy atom. The first-order valence-corrected chi connectivity index (χ1v) is 9.80. The second-order valence-electron chi connectivity index (χ2n) is 6.69. The first-order chi connectivity index (χ1) is 15.3. The molecule has 3 aromatic rings. The van der Waals surface area contributed by atoms with Gasteiger partial charge in [0.25, 0.3) is 5.56 Å². The van der Waals surface area contributed by atoms with Gasteiger partial charge < -0.3 is 15.4 Å². The smallest absolute Gasteiger partial charge is 0.416 e. The van der Waals surface area contributed by atoms with Crippen molar-refractivity contribution in [1.82, 2.24) is 15.1 Å². The standard InChI is InChI=1S/C22H21F3N4O3/c1-2-32-18-9-3-15(4-10-18)19-11-12-20(30)29(28-19)14-13-26-21(31)27-17-7-5-16(6-8-17)22(23,24)25/h3-12H,2,13-14H2,1H3,(H2,26,27,31). The van der Waals surface area contributed by atoms with Crippen LogP contribution in [0.2, 0.25) is 0 Å². The zero-order chi connectivity index (χ0) is 23.1. The molecule has 1 heterocycles. The number of alkyl halides is 3. The van der Waals surface area contributed by atoms with Gasteiger partial charge in [-0.15, -0.1) is 0 Å². The third kappa shape index (κ3) is 6.10. The van der Waals surface area contributed by atoms with Crippen molar-refractivity contribution < 1.29 is 22.7 Å². The van der Waals surface area contributed by atoms with E-state index in [-0.39, 0.29) is 24.3 Å². The minimum Gasteiger partial charge on any atom is -0.494 e. The van der Waals surface area contributed by atoms with Gasteiger partial charge in [0.1, 0.15) is 5.75 Å². The number of ether oxygens (including phenoxy) is 1. The number of hydrogen-bond acceptors (Lipinski definition) is 4. The van der Waals surface area contributed by atoms with Crippen molar-refractivity contribution >= 4 is 11.7 Å². The van der Waals surface area contributed by atoms with Gasteiger partial charge in [-0.2, -0.15) is 18.3 Å². The molecule has 32 heavy (non-hydrogen) atoms. The van der Waals surface area contributed by atoms with E-state index in [4.69, 9.17) is 4.74 Å². The normalized spacial score (nSPS) is 11.1. The summed E-state index contributed by atoms with van der Waals surface area (Å²) in [5.41, 5.74) is 0.464. The van der Waals surface area contributed by atoms with E-state index in [1.807, 2.05) is 31.2 Å². The molecule has 3 rings (SSSR count). The molecule has 0 aliphatic carbocycles. The first-order valence-electron chi connectivity index (χ1n) is 9.80. The number of amides is 2. The van der Waals surface area contributed by atoms with E-state index in [0.29, 0.717) is 12.3 Å². The zero-order valence-electron chi connectivity index (χ0n) is 17.1. The second-order valence-corrected chi connectivity index (χ2v) is 6.69. The highest BCUT2D eigenvalue weighted by Crippen LogP contribution is 2.29. The molecule has 0 saturated heterocycles. The second kappa shape index (κ2) is 9.99. The molecule has 0 bridgehead atoms. The van der Waals surface area contributed by atoms with Gasteiger partial charge >= 0.3 is 12.2 Å². The number of aromatic nitrogens is 2. The van der Waals surface area contributed by atoms with Crippen molar-refractivity contribution in [1.29, 1.82) is 0 Å². The van der Waals surface area contributed by atoms with Crippen LogP contribution < -0.4 is 20.9 Å². The number of carbonyl (C=O) groups excluding carboxylic acids is 1. The fraction of sp³-hybridized carbons (Fsp3) is 0.227. The van der Waals surface area contributed by atoms with Crippen molar-refractivity contribution in [3.63, 3.8) is 0 Å². The topological polar surface area (TPSA) is 85.2 Å². The third-order valence-electron chi connectivity index (χ3n) is 4.41. The number of rotatable bonds is 7. The Morgan fingerprint density at radius 1 is 1.03 bits per heavy atom. The number of nitrogens with one attached hydrogen (secondary N) is 2. The number of urea groups is 1. The van der Waals surface area contributed by atoms with Crippen molar-refractivity contribution in [3.05, 3.63) is 76.6 Å². The molecule has 2 N–H and O–H groups in total. The lowest BCUT2D eigenvalue weighted by Crippen LogP contribution is -2.34. The van der Waals surface area contributed by atoms with E-state index in [1.54, 1.807) is 6.07 Å². The van der Waals surface area contributed by atoms with Crippen LogP contribution in [0.15, 0.2) is 65.5 Å². The maximum Gasteiger partial charge on any atom is 0.416 e. The fourth-order valence-corrected chi connectivity index (χ4v) is 2.84. The number of hydrogen-bond donors (Lipinski definition) is 2. The molecule has 2 aromatic carbocycles. The summed E-state index contributed by atoms with van der Waals surface area (Å²) in [5.74, 6) is 0.729. The third-order valence-corrected chi connectivity index (χ3v) is 4.41. The van der Waals surface area contributed by atoms with Gasteiger partial charge in [-0.3, -0.25) is 4.79 Å². The summed E-state index contributed by atoms with van der Waals surface area (Å²) in [4.78, 5) is 24.1. The van der Waals surface area contributed by atoms with E-state index in [1.165, 1.54) is 10.7 Å². The molecule has 0 aliphatic heterocycles. The number of benzene rings is 2. The van der Waals surface area contributed by atoms with Crippen LogP contribution in [0.5, 0.6) is 5.75 Å². The highest BCUT2D eigenvalue weighted by atomic mass is 19.4. The largest absolute Gasteiger partial charge is 0.494 e. The van der Waals surface area contributed by atoms with Crippen LogP contribution >= 0.6 is 0 Å². The van der Waals surface area contributed by atoms with E-state index >= 15 is 0 Å². The van der Waals surface area contributed by atoms with Crippen LogP contribution in [-0.4, -0.2) is 29.0 Å². The van der Waals surface area contributed by atoms with Gasteiger partial charge in [0.2, 0.25) is 0 Å². The lowest BCUT2D eigenvalue weighted by atomic mass is 10.1. The quantitative estimate of drug-likeness (QED) is 0.571. The Balaban J connectivity index is 1.56. The van der Waals surface area contributed by atoms with Gasteiger partial charge in [0.05, 0.1) is 24.4 Å². The van der Waals surface area contributed by atoms with Crippen LogP contribution in [0.4, 0.5) is 23.7 Å². The summed E-state index contributed by atoms with van der Waals surface area (Å²) in [6.07, 6.45) is -4.44. The molecule has 168 valence electrons. The molecule has 1 aromatic heterocycles. The molecule has 0 unspecified atom stereocenters. The van der Waals surface area contributed by atoms with Gasteiger partial charge in [0.15, 0.2) is 0 Å². The molecular formula is C22H21F3N4O3. The number of carbonyl (C=O) groups is 1. The minimum absolute atomic E-state index is 0.0894. The van der Waals surface area contributed by atoms with Crippen molar-refractivity contribution in [2.45, 2.75) is 19.6 Å². The molecule has 10 heteroatoms. The molecule has 0 atom stereocenters. The summed E-state index contributed by atoms with van der Waals surface area (Å²) in [6, 6.07) is 13.8. The van der Waals surface area contributed by atoms with Gasteiger partial charge in [-0.05, 0) is 61.5 Å². The number of halogens is 3. The van der Waals surface area contributed by atoms with Crippen LogP contribution in [-0.2, 0) is 12.7 Å². The fourth-order valence-electron chi connectivity index (χ4n) is 2.84. The van der Waals surface area contributed by atoms with Gasteiger partial charge in [0, 0.05) is 23.9 Å². The van der Waals surface area contributed by atoms with Crippen LogP contribution in [0.25, 0.3) is 11.3 Å². The maximum atomic E-state index is 12.6. The lowest BCUT2D eigenvalue weighted by molar-refractivity contribution is -0.137. The van der Waals surface area contributed by atoms with Crippen LogP contribution in [0.3, 0.4) is 0 Å². The Labute approximate surface area is 181 Å². The number of anilines is 1.